The van der Waals surface area contributed by atoms with E-state index in [4.69, 9.17) is 9.47 Å². The molecule has 2 unspecified atom stereocenters. The molecule has 200 valence electrons. The van der Waals surface area contributed by atoms with Crippen LogP contribution in [0.25, 0.3) is 0 Å². The fourth-order valence-corrected chi connectivity index (χ4v) is 4.20. The average molecular weight is 507 g/mol. The van der Waals surface area contributed by atoms with E-state index in [1.807, 2.05) is 53.4 Å². The van der Waals surface area contributed by atoms with Crippen molar-refractivity contribution in [2.45, 2.75) is 78.2 Å². The van der Waals surface area contributed by atoms with Crippen molar-refractivity contribution < 1.29 is 19.4 Å². The lowest BCUT2D eigenvalue weighted by Gasteiger charge is -2.32. The van der Waals surface area contributed by atoms with Crippen LogP contribution in [-0.2, 0) is 4.79 Å². The maximum absolute atomic E-state index is 11.7. The monoisotopic (exact) mass is 506 g/mol. The van der Waals surface area contributed by atoms with Gasteiger partial charge in [-0.2, -0.15) is 0 Å². The zero-order valence-corrected chi connectivity index (χ0v) is 22.6. The van der Waals surface area contributed by atoms with Gasteiger partial charge in [0.25, 0.3) is 0 Å². The number of para-hydroxylation sites is 2. The second-order valence-electron chi connectivity index (χ2n) is 9.78. The molecule has 1 heterocycles. The summed E-state index contributed by atoms with van der Waals surface area (Å²) < 4.78 is 12.1. The van der Waals surface area contributed by atoms with Gasteiger partial charge in [0.1, 0.15) is 11.5 Å². The lowest BCUT2D eigenvalue weighted by Crippen LogP contribution is -2.29. The molecule has 6 heteroatoms. The van der Waals surface area contributed by atoms with E-state index in [-0.39, 0.29) is 11.7 Å². The van der Waals surface area contributed by atoms with E-state index in [9.17, 15) is 9.90 Å². The third-order valence-corrected chi connectivity index (χ3v) is 6.74. The van der Waals surface area contributed by atoms with Crippen molar-refractivity contribution in [1.82, 2.24) is 0 Å². The van der Waals surface area contributed by atoms with E-state index < -0.39 is 5.97 Å². The second-order valence-corrected chi connectivity index (χ2v) is 9.78. The Labute approximate surface area is 222 Å². The normalized spacial score (nSPS) is 15.8. The van der Waals surface area contributed by atoms with Crippen LogP contribution in [0.2, 0.25) is 0 Å². The second kappa shape index (κ2) is 15.1. The summed E-state index contributed by atoms with van der Waals surface area (Å²) >= 11 is 0. The molecule has 0 radical (unpaired) electrons. The molecule has 1 N–H and O–H groups in total. The Kier molecular flexibility index (Phi) is 11.5. The van der Waals surface area contributed by atoms with Crippen LogP contribution < -0.4 is 14.4 Å². The van der Waals surface area contributed by atoms with Crippen LogP contribution in [-0.4, -0.2) is 30.5 Å². The minimum atomic E-state index is -1.06. The number of unbranched alkanes of at least 4 members (excludes halogenated alkanes) is 6. The molecule has 2 aromatic rings. The number of ether oxygens (including phenoxy) is 2. The van der Waals surface area contributed by atoms with Crippen LogP contribution in [0.3, 0.4) is 0 Å². The zero-order valence-electron chi connectivity index (χ0n) is 22.6. The Hall–Kier alpha value is -3.28. The first kappa shape index (κ1) is 28.3. The van der Waals surface area contributed by atoms with Crippen LogP contribution >= 0.6 is 0 Å². The number of carboxylic acids is 1. The number of anilines is 1. The predicted molar refractivity (Wildman–Crippen MR) is 151 cm³/mol. The Morgan fingerprint density at radius 2 is 1.68 bits per heavy atom. The molecule has 0 bridgehead atoms. The minimum absolute atomic E-state index is 0.0115. The standard InChI is InChI=1S/C31H42N2O4/c1-4-6-7-8-9-10-13-20-36-26-18-16-25(17-19-26)29-21-32-27(31(34)35)22-33(29)28-14-11-12-15-30(28)37-23-24(3)5-2/h11-12,14-19,21-22,24,29H,4-10,13,20,23H2,1-3H3,(H,34,35). The topological polar surface area (TPSA) is 71.4 Å². The van der Waals surface area contributed by atoms with E-state index >= 15 is 0 Å². The van der Waals surface area contributed by atoms with Gasteiger partial charge in [-0.25, -0.2) is 9.79 Å². The van der Waals surface area contributed by atoms with Crippen LogP contribution in [0.15, 0.2) is 65.4 Å². The number of hydrogen-bond donors (Lipinski definition) is 1. The number of benzene rings is 2. The fraction of sp³-hybridized carbons (Fsp3) is 0.484. The molecule has 37 heavy (non-hydrogen) atoms. The molecule has 1 aliphatic rings. The highest BCUT2D eigenvalue weighted by molar-refractivity contribution is 5.92. The molecule has 0 fully saturated rings. The Bertz CT molecular complexity index is 1030. The number of aliphatic carboxylic acids is 1. The van der Waals surface area contributed by atoms with E-state index in [2.05, 4.69) is 25.8 Å². The number of nitrogens with zero attached hydrogens (tertiary/aromatic N) is 2. The highest BCUT2D eigenvalue weighted by Gasteiger charge is 2.26. The van der Waals surface area contributed by atoms with Crippen molar-refractivity contribution in [2.24, 2.45) is 10.9 Å². The van der Waals surface area contributed by atoms with Gasteiger partial charge in [0, 0.05) is 12.4 Å². The van der Waals surface area contributed by atoms with E-state index in [1.54, 1.807) is 12.4 Å². The summed E-state index contributed by atoms with van der Waals surface area (Å²) in [5.74, 6) is 0.920. The number of rotatable bonds is 16. The summed E-state index contributed by atoms with van der Waals surface area (Å²) in [4.78, 5) is 17.9. The molecule has 6 nitrogen and oxygen atoms in total. The van der Waals surface area contributed by atoms with Gasteiger partial charge in [0.2, 0.25) is 0 Å². The van der Waals surface area contributed by atoms with Crippen molar-refractivity contribution in [3.8, 4) is 11.5 Å². The summed E-state index contributed by atoms with van der Waals surface area (Å²) in [7, 11) is 0. The van der Waals surface area contributed by atoms with E-state index in [1.165, 1.54) is 38.5 Å². The van der Waals surface area contributed by atoms with Crippen LogP contribution in [0, 0.1) is 5.92 Å². The number of carboxylic acid groups (broad SMARTS) is 1. The largest absolute Gasteiger partial charge is 0.494 e. The average Bonchev–Trinajstić information content (AvgIpc) is 2.93. The molecule has 2 aromatic carbocycles. The van der Waals surface area contributed by atoms with Crippen molar-refractivity contribution in [1.29, 1.82) is 0 Å². The number of aliphatic imine (C=N–C) groups is 1. The van der Waals surface area contributed by atoms with E-state index in [0.717, 1.165) is 42.2 Å². The van der Waals surface area contributed by atoms with Crippen LogP contribution in [0.5, 0.6) is 11.5 Å². The molecule has 0 aromatic heterocycles. The summed E-state index contributed by atoms with van der Waals surface area (Å²) in [5, 5.41) is 9.59. The van der Waals surface area contributed by atoms with Gasteiger partial charge in [-0.1, -0.05) is 90.0 Å². The third kappa shape index (κ3) is 8.66. The molecule has 2 atom stereocenters. The number of hydrogen-bond acceptors (Lipinski definition) is 5. The van der Waals surface area contributed by atoms with Crippen molar-refractivity contribution in [2.75, 3.05) is 18.1 Å². The smallest absolute Gasteiger partial charge is 0.356 e. The van der Waals surface area contributed by atoms with Gasteiger partial charge in [0.15, 0.2) is 5.70 Å². The first-order valence-corrected chi connectivity index (χ1v) is 13.8. The molecule has 1 aliphatic heterocycles. The van der Waals surface area contributed by atoms with Gasteiger partial charge in [-0.3, -0.25) is 0 Å². The molecule has 0 amide bonds. The predicted octanol–water partition coefficient (Wildman–Crippen LogP) is 7.80. The molecular formula is C31H42N2O4. The lowest BCUT2D eigenvalue weighted by molar-refractivity contribution is -0.132. The summed E-state index contributed by atoms with van der Waals surface area (Å²) in [6.07, 6.45) is 13.1. The van der Waals surface area contributed by atoms with Crippen molar-refractivity contribution in [3.63, 3.8) is 0 Å². The van der Waals surface area contributed by atoms with E-state index in [0.29, 0.717) is 12.5 Å². The SMILES string of the molecule is CCCCCCCCCOc1ccc(C2C=NC(C(=O)O)=CN2c2ccccc2OCC(C)CC)cc1. The summed E-state index contributed by atoms with van der Waals surface area (Å²) in [5.41, 5.74) is 1.78. The first-order chi connectivity index (χ1) is 18.0. The quantitative estimate of drug-likeness (QED) is 0.235. The first-order valence-electron chi connectivity index (χ1n) is 13.8. The summed E-state index contributed by atoms with van der Waals surface area (Å²) in [6.45, 7) is 7.85. The van der Waals surface area contributed by atoms with Gasteiger partial charge in [-0.05, 0) is 42.2 Å². The number of carbonyl (C=O) groups is 1. The Morgan fingerprint density at radius 1 is 0.973 bits per heavy atom. The lowest BCUT2D eigenvalue weighted by atomic mass is 10.0. The highest BCUT2D eigenvalue weighted by Crippen LogP contribution is 2.37. The van der Waals surface area contributed by atoms with Crippen LogP contribution in [0.1, 0.15) is 83.7 Å². The van der Waals surface area contributed by atoms with Gasteiger partial charge < -0.3 is 19.5 Å². The molecule has 0 spiro atoms. The molecule has 0 saturated heterocycles. The highest BCUT2D eigenvalue weighted by atomic mass is 16.5. The van der Waals surface area contributed by atoms with Crippen molar-refractivity contribution >= 4 is 17.9 Å². The van der Waals surface area contributed by atoms with Gasteiger partial charge in [-0.15, -0.1) is 0 Å². The van der Waals surface area contributed by atoms with Crippen molar-refractivity contribution in [3.05, 3.63) is 66.0 Å². The Balaban J connectivity index is 1.69. The van der Waals surface area contributed by atoms with Crippen LogP contribution in [0.4, 0.5) is 5.69 Å². The zero-order chi connectivity index (χ0) is 26.5. The maximum atomic E-state index is 11.7. The molecular weight excluding hydrogens is 464 g/mol. The molecule has 3 rings (SSSR count). The third-order valence-electron chi connectivity index (χ3n) is 6.74. The summed E-state index contributed by atoms with van der Waals surface area (Å²) in [6, 6.07) is 15.5. The molecule has 0 aliphatic carbocycles. The van der Waals surface area contributed by atoms with Gasteiger partial charge in [0.05, 0.1) is 24.9 Å². The molecule has 0 saturated carbocycles. The Morgan fingerprint density at radius 3 is 2.38 bits per heavy atom. The minimum Gasteiger partial charge on any atom is -0.494 e. The fourth-order valence-electron chi connectivity index (χ4n) is 4.20. The van der Waals surface area contributed by atoms with Gasteiger partial charge >= 0.3 is 5.97 Å². The maximum Gasteiger partial charge on any atom is 0.356 e.